The van der Waals surface area contributed by atoms with E-state index in [1.165, 1.54) is 25.1 Å². The average molecular weight is 323 g/mol. The molecule has 24 heavy (non-hydrogen) atoms. The van der Waals surface area contributed by atoms with Gasteiger partial charge in [-0.1, -0.05) is 0 Å². The van der Waals surface area contributed by atoms with Gasteiger partial charge in [0.1, 0.15) is 6.07 Å². The van der Waals surface area contributed by atoms with Crippen molar-refractivity contribution in [2.75, 3.05) is 19.7 Å². The Morgan fingerprint density at radius 3 is 2.88 bits per heavy atom. The van der Waals surface area contributed by atoms with Gasteiger partial charge in [0.2, 0.25) is 5.88 Å². The first-order chi connectivity index (χ1) is 11.8. The summed E-state index contributed by atoms with van der Waals surface area (Å²) in [5.74, 6) is 1.86. The third-order valence-corrected chi connectivity index (χ3v) is 4.70. The largest absolute Gasteiger partial charge is 0.477 e. The van der Waals surface area contributed by atoms with E-state index in [1.807, 2.05) is 12.5 Å². The van der Waals surface area contributed by atoms with Gasteiger partial charge in [-0.15, -0.1) is 0 Å². The molecule has 0 N–H and O–H groups in total. The van der Waals surface area contributed by atoms with E-state index in [4.69, 9.17) is 10.00 Å². The minimum atomic E-state index is 0.400. The Morgan fingerprint density at radius 1 is 1.21 bits per heavy atom. The Labute approximate surface area is 141 Å². The molecule has 124 valence electrons. The van der Waals surface area contributed by atoms with Gasteiger partial charge in [-0.2, -0.15) is 5.26 Å². The standard InChI is InChI=1S/C18H21N5O/c19-5-15-3-4-18(21-6-15)24-12-16-9-22(8-14-1-2-14)11-17-7-20-13-23(17)10-16/h3-4,6-7,13-14,16H,1-2,8-12H2/t16-/m1/s1. The van der Waals surface area contributed by atoms with Crippen LogP contribution in [0.5, 0.6) is 5.88 Å². The minimum absolute atomic E-state index is 0.400. The summed E-state index contributed by atoms with van der Waals surface area (Å²) in [5, 5.41) is 8.83. The molecule has 3 heterocycles. The molecule has 2 aromatic rings. The van der Waals surface area contributed by atoms with Crippen molar-refractivity contribution in [2.45, 2.75) is 25.9 Å². The van der Waals surface area contributed by atoms with Gasteiger partial charge in [0.05, 0.1) is 24.2 Å². The average Bonchev–Trinajstić information content (AvgIpc) is 3.35. The van der Waals surface area contributed by atoms with Crippen molar-refractivity contribution in [3.8, 4) is 11.9 Å². The van der Waals surface area contributed by atoms with Crippen LogP contribution in [-0.2, 0) is 13.1 Å². The number of aromatic nitrogens is 3. The van der Waals surface area contributed by atoms with Gasteiger partial charge < -0.3 is 9.30 Å². The van der Waals surface area contributed by atoms with Gasteiger partial charge in [-0.3, -0.25) is 4.90 Å². The molecule has 1 fully saturated rings. The monoisotopic (exact) mass is 323 g/mol. The first kappa shape index (κ1) is 15.2. The second-order valence-corrected chi connectivity index (χ2v) is 6.85. The lowest BCUT2D eigenvalue weighted by Crippen LogP contribution is -2.32. The van der Waals surface area contributed by atoms with Crippen molar-refractivity contribution in [1.29, 1.82) is 5.26 Å². The molecular weight excluding hydrogens is 302 g/mol. The Kier molecular flexibility index (Phi) is 4.18. The highest BCUT2D eigenvalue weighted by molar-refractivity contribution is 5.28. The van der Waals surface area contributed by atoms with Crippen molar-refractivity contribution in [3.63, 3.8) is 0 Å². The van der Waals surface area contributed by atoms with Crippen LogP contribution in [0.15, 0.2) is 30.9 Å². The smallest absolute Gasteiger partial charge is 0.213 e. The van der Waals surface area contributed by atoms with Crippen LogP contribution in [-0.4, -0.2) is 39.1 Å². The molecule has 0 amide bonds. The fourth-order valence-corrected chi connectivity index (χ4v) is 3.28. The van der Waals surface area contributed by atoms with Crippen molar-refractivity contribution in [2.24, 2.45) is 11.8 Å². The minimum Gasteiger partial charge on any atom is -0.477 e. The van der Waals surface area contributed by atoms with Crippen LogP contribution >= 0.6 is 0 Å². The van der Waals surface area contributed by atoms with Crippen LogP contribution in [0.1, 0.15) is 24.1 Å². The second-order valence-electron chi connectivity index (χ2n) is 6.85. The first-order valence-corrected chi connectivity index (χ1v) is 8.50. The number of hydrogen-bond donors (Lipinski definition) is 0. The third kappa shape index (κ3) is 3.57. The van der Waals surface area contributed by atoms with Gasteiger partial charge in [0, 0.05) is 50.6 Å². The lowest BCUT2D eigenvalue weighted by molar-refractivity contribution is 0.165. The number of hydrogen-bond acceptors (Lipinski definition) is 5. The molecule has 1 aliphatic heterocycles. The molecule has 0 spiro atoms. The maximum absolute atomic E-state index is 8.83. The van der Waals surface area contributed by atoms with E-state index in [0.29, 0.717) is 24.0 Å². The molecule has 6 heteroatoms. The van der Waals surface area contributed by atoms with Crippen LogP contribution in [0.4, 0.5) is 0 Å². The molecule has 0 saturated heterocycles. The zero-order valence-electron chi connectivity index (χ0n) is 13.6. The third-order valence-electron chi connectivity index (χ3n) is 4.70. The molecule has 2 aliphatic rings. The fraction of sp³-hybridized carbons (Fsp3) is 0.500. The molecule has 0 radical (unpaired) electrons. The number of rotatable bonds is 5. The summed E-state index contributed by atoms with van der Waals surface area (Å²) in [6, 6.07) is 5.57. The number of pyridine rings is 1. The van der Waals surface area contributed by atoms with Crippen molar-refractivity contribution in [1.82, 2.24) is 19.4 Å². The predicted molar refractivity (Wildman–Crippen MR) is 88.2 cm³/mol. The van der Waals surface area contributed by atoms with Crippen LogP contribution < -0.4 is 4.74 Å². The number of nitriles is 1. The molecular formula is C18H21N5O. The summed E-state index contributed by atoms with van der Waals surface area (Å²) in [6.45, 7) is 4.73. The molecule has 1 saturated carbocycles. The van der Waals surface area contributed by atoms with Crippen LogP contribution in [0.25, 0.3) is 0 Å². The van der Waals surface area contributed by atoms with E-state index in [-0.39, 0.29) is 0 Å². The fourth-order valence-electron chi connectivity index (χ4n) is 3.28. The summed E-state index contributed by atoms with van der Waals surface area (Å²) in [6.07, 6.45) is 8.18. The Hall–Kier alpha value is -2.39. The zero-order chi connectivity index (χ0) is 16.4. The molecule has 4 rings (SSSR count). The van der Waals surface area contributed by atoms with Crippen molar-refractivity contribution < 1.29 is 4.74 Å². The Balaban J connectivity index is 1.41. The number of nitrogens with zero attached hydrogens (tertiary/aromatic N) is 5. The zero-order valence-corrected chi connectivity index (χ0v) is 13.6. The second kappa shape index (κ2) is 6.62. The summed E-state index contributed by atoms with van der Waals surface area (Å²) < 4.78 is 8.12. The van der Waals surface area contributed by atoms with Crippen molar-refractivity contribution >= 4 is 0 Å². The quantitative estimate of drug-likeness (QED) is 0.842. The van der Waals surface area contributed by atoms with E-state index in [9.17, 15) is 0 Å². The molecule has 6 nitrogen and oxygen atoms in total. The molecule has 1 atom stereocenters. The SMILES string of the molecule is N#Cc1ccc(OC[C@@H]2CN(CC3CC3)Cc3cncn3C2)nc1. The van der Waals surface area contributed by atoms with E-state index >= 15 is 0 Å². The number of imidazole rings is 1. The van der Waals surface area contributed by atoms with Crippen LogP contribution in [0.3, 0.4) is 0 Å². The lowest BCUT2D eigenvalue weighted by Gasteiger charge is -2.23. The van der Waals surface area contributed by atoms with Gasteiger partial charge in [-0.05, 0) is 24.8 Å². The molecule has 0 aromatic carbocycles. The molecule has 1 aliphatic carbocycles. The summed E-state index contributed by atoms with van der Waals surface area (Å²) in [4.78, 5) is 11.0. The van der Waals surface area contributed by atoms with Crippen LogP contribution in [0.2, 0.25) is 0 Å². The van der Waals surface area contributed by atoms with E-state index in [2.05, 4.69) is 25.5 Å². The normalized spacial score (nSPS) is 20.9. The van der Waals surface area contributed by atoms with Gasteiger partial charge in [0.25, 0.3) is 0 Å². The van der Waals surface area contributed by atoms with Crippen molar-refractivity contribution in [3.05, 3.63) is 42.1 Å². The van der Waals surface area contributed by atoms with E-state index < -0.39 is 0 Å². The van der Waals surface area contributed by atoms with Gasteiger partial charge >= 0.3 is 0 Å². The van der Waals surface area contributed by atoms with Gasteiger partial charge in [0.15, 0.2) is 0 Å². The Morgan fingerprint density at radius 2 is 2.12 bits per heavy atom. The van der Waals surface area contributed by atoms with Crippen LogP contribution in [0, 0.1) is 23.2 Å². The maximum atomic E-state index is 8.83. The highest BCUT2D eigenvalue weighted by atomic mass is 16.5. The maximum Gasteiger partial charge on any atom is 0.213 e. The van der Waals surface area contributed by atoms with E-state index in [0.717, 1.165) is 25.6 Å². The highest BCUT2D eigenvalue weighted by Crippen LogP contribution is 2.31. The Bertz CT molecular complexity index is 729. The summed E-state index contributed by atoms with van der Waals surface area (Å²) in [5.41, 5.74) is 1.84. The summed E-state index contributed by atoms with van der Waals surface area (Å²) in [7, 11) is 0. The number of ether oxygens (including phenoxy) is 1. The molecule has 0 bridgehead atoms. The molecule has 2 aromatic heterocycles. The number of fused-ring (bicyclic) bond motifs is 1. The van der Waals surface area contributed by atoms with Gasteiger partial charge in [-0.25, -0.2) is 9.97 Å². The first-order valence-electron chi connectivity index (χ1n) is 8.50. The predicted octanol–water partition coefficient (Wildman–Crippen LogP) is 2.07. The molecule has 0 unspecified atom stereocenters. The van der Waals surface area contributed by atoms with E-state index in [1.54, 1.807) is 18.3 Å². The highest BCUT2D eigenvalue weighted by Gasteiger charge is 2.28. The summed E-state index contributed by atoms with van der Waals surface area (Å²) >= 11 is 0. The topological polar surface area (TPSA) is 67.0 Å². The lowest BCUT2D eigenvalue weighted by atomic mass is 10.1.